The van der Waals surface area contributed by atoms with Gasteiger partial charge in [0, 0.05) is 18.3 Å². The molecule has 0 spiro atoms. The van der Waals surface area contributed by atoms with E-state index in [1.165, 1.54) is 37.0 Å². The van der Waals surface area contributed by atoms with Crippen LogP contribution in [0, 0.1) is 5.41 Å². The molecule has 0 aliphatic carbocycles. The van der Waals surface area contributed by atoms with Crippen LogP contribution in [0.4, 0.5) is 0 Å². The third-order valence-corrected chi connectivity index (χ3v) is 4.11. The zero-order valence-corrected chi connectivity index (χ0v) is 8.06. The van der Waals surface area contributed by atoms with Gasteiger partial charge < -0.3 is 4.48 Å². The van der Waals surface area contributed by atoms with E-state index < -0.39 is 0 Å². The molecule has 11 heavy (non-hydrogen) atoms. The van der Waals surface area contributed by atoms with E-state index >= 15 is 0 Å². The molecule has 0 amide bonds. The largest absolute Gasteiger partial charge is 0.321 e. The lowest BCUT2D eigenvalue weighted by Gasteiger charge is -2.35. The van der Waals surface area contributed by atoms with E-state index in [4.69, 9.17) is 0 Å². The van der Waals surface area contributed by atoms with Gasteiger partial charge in [-0.2, -0.15) is 0 Å². The van der Waals surface area contributed by atoms with Crippen molar-refractivity contribution in [1.29, 1.82) is 0 Å². The van der Waals surface area contributed by atoms with Crippen molar-refractivity contribution in [3.8, 4) is 0 Å². The third kappa shape index (κ3) is 0.936. The molecule has 2 rings (SSSR count). The number of hydrogen-bond donors (Lipinski definition) is 0. The SMILES string of the molecule is CC(C)[N+]12CCC(C)(CC1)C2. The zero-order chi connectivity index (χ0) is 8.11. The molecule has 0 radical (unpaired) electrons. The van der Waals surface area contributed by atoms with Crippen molar-refractivity contribution in [2.75, 3.05) is 19.6 Å². The molecule has 2 fully saturated rings. The Hall–Kier alpha value is -0.0400. The van der Waals surface area contributed by atoms with Gasteiger partial charge in [-0.15, -0.1) is 0 Å². The van der Waals surface area contributed by atoms with Crippen molar-refractivity contribution in [2.45, 2.75) is 39.7 Å². The zero-order valence-electron chi connectivity index (χ0n) is 8.06. The predicted molar refractivity (Wildman–Crippen MR) is 47.3 cm³/mol. The average molecular weight is 154 g/mol. The second-order valence-corrected chi connectivity index (χ2v) is 5.23. The van der Waals surface area contributed by atoms with Crippen LogP contribution < -0.4 is 0 Å². The summed E-state index contributed by atoms with van der Waals surface area (Å²) < 4.78 is 1.43. The predicted octanol–water partition coefficient (Wildman–Crippen LogP) is 2.03. The van der Waals surface area contributed by atoms with Crippen LogP contribution in [0.5, 0.6) is 0 Å². The summed E-state index contributed by atoms with van der Waals surface area (Å²) in [4.78, 5) is 0. The Kier molecular flexibility index (Phi) is 1.39. The first kappa shape index (κ1) is 7.60. The normalized spacial score (nSPS) is 49.1. The van der Waals surface area contributed by atoms with Gasteiger partial charge in [-0.3, -0.25) is 0 Å². The van der Waals surface area contributed by atoms with Gasteiger partial charge in [0.15, 0.2) is 0 Å². The van der Waals surface area contributed by atoms with E-state index in [1.807, 2.05) is 0 Å². The van der Waals surface area contributed by atoms with E-state index in [0.717, 1.165) is 11.5 Å². The van der Waals surface area contributed by atoms with Crippen LogP contribution in [-0.4, -0.2) is 30.2 Å². The van der Waals surface area contributed by atoms with Crippen LogP contribution >= 0.6 is 0 Å². The molecule has 0 aromatic rings. The number of rotatable bonds is 1. The molecular weight excluding hydrogens is 134 g/mol. The van der Waals surface area contributed by atoms with E-state index in [1.54, 1.807) is 0 Å². The van der Waals surface area contributed by atoms with Crippen molar-refractivity contribution in [3.05, 3.63) is 0 Å². The average Bonchev–Trinajstić information content (AvgIpc) is 2.42. The van der Waals surface area contributed by atoms with Crippen LogP contribution in [0.2, 0.25) is 0 Å². The quantitative estimate of drug-likeness (QED) is 0.507. The Labute approximate surface area is 70.0 Å². The van der Waals surface area contributed by atoms with Crippen LogP contribution in [0.25, 0.3) is 0 Å². The molecule has 0 saturated carbocycles. The fourth-order valence-corrected chi connectivity index (χ4v) is 3.00. The summed E-state index contributed by atoms with van der Waals surface area (Å²) in [6, 6.07) is 0.860. The first-order valence-corrected chi connectivity index (χ1v) is 4.92. The maximum absolute atomic E-state index is 2.47. The molecule has 2 aliphatic rings. The molecule has 0 N–H and O–H groups in total. The summed E-state index contributed by atoms with van der Waals surface area (Å²) >= 11 is 0. The molecule has 2 bridgehead atoms. The molecule has 0 atom stereocenters. The van der Waals surface area contributed by atoms with Gasteiger partial charge in [-0.1, -0.05) is 6.92 Å². The lowest BCUT2D eigenvalue weighted by molar-refractivity contribution is -0.929. The summed E-state index contributed by atoms with van der Waals surface area (Å²) in [6.07, 6.45) is 2.95. The minimum absolute atomic E-state index is 0.726. The molecule has 64 valence electrons. The number of nitrogens with zero attached hydrogens (tertiary/aromatic N) is 1. The van der Waals surface area contributed by atoms with Gasteiger partial charge in [-0.25, -0.2) is 0 Å². The van der Waals surface area contributed by atoms with Crippen LogP contribution in [0.3, 0.4) is 0 Å². The van der Waals surface area contributed by atoms with Crippen molar-refractivity contribution in [3.63, 3.8) is 0 Å². The number of hydrogen-bond acceptors (Lipinski definition) is 0. The fourth-order valence-electron chi connectivity index (χ4n) is 3.00. The Morgan fingerprint density at radius 1 is 1.18 bits per heavy atom. The second-order valence-electron chi connectivity index (χ2n) is 5.23. The van der Waals surface area contributed by atoms with Crippen molar-refractivity contribution in [1.82, 2.24) is 0 Å². The van der Waals surface area contributed by atoms with E-state index in [2.05, 4.69) is 20.8 Å². The molecule has 1 heteroatoms. The van der Waals surface area contributed by atoms with Gasteiger partial charge in [0.05, 0.1) is 25.7 Å². The molecule has 2 heterocycles. The number of piperidine rings is 1. The highest BCUT2D eigenvalue weighted by atomic mass is 15.4. The van der Waals surface area contributed by atoms with Crippen molar-refractivity contribution in [2.24, 2.45) is 5.41 Å². The molecule has 0 aromatic heterocycles. The lowest BCUT2D eigenvalue weighted by atomic mass is 9.87. The third-order valence-electron chi connectivity index (χ3n) is 4.11. The van der Waals surface area contributed by atoms with E-state index in [0.29, 0.717) is 0 Å². The smallest absolute Gasteiger partial charge is 0.0847 e. The molecule has 2 aliphatic heterocycles. The monoisotopic (exact) mass is 154 g/mol. The van der Waals surface area contributed by atoms with Crippen molar-refractivity contribution < 1.29 is 4.48 Å². The summed E-state index contributed by atoms with van der Waals surface area (Å²) in [7, 11) is 0. The molecule has 0 aromatic carbocycles. The topological polar surface area (TPSA) is 0 Å². The molecule has 1 nitrogen and oxygen atoms in total. The Balaban J connectivity index is 2.20. The van der Waals surface area contributed by atoms with Crippen molar-refractivity contribution >= 4 is 0 Å². The van der Waals surface area contributed by atoms with Gasteiger partial charge in [0.2, 0.25) is 0 Å². The minimum atomic E-state index is 0.726. The first-order chi connectivity index (χ1) is 5.06. The standard InChI is InChI=1S/C10H20N/c1-9(2)11-6-4-10(3,8-11)5-7-11/h9H,4-8H2,1-3H3/q+1. The Morgan fingerprint density at radius 2 is 1.73 bits per heavy atom. The van der Waals surface area contributed by atoms with Gasteiger partial charge in [0.25, 0.3) is 0 Å². The molecular formula is C10H20N+. The Morgan fingerprint density at radius 3 is 1.91 bits per heavy atom. The maximum atomic E-state index is 2.47. The van der Waals surface area contributed by atoms with Gasteiger partial charge in [-0.05, 0) is 13.8 Å². The Bertz CT molecular complexity index is 164. The summed E-state index contributed by atoms with van der Waals surface area (Å²) in [5.41, 5.74) is 0.726. The number of quaternary nitrogens is 1. The summed E-state index contributed by atoms with van der Waals surface area (Å²) in [5, 5.41) is 0. The van der Waals surface area contributed by atoms with Gasteiger partial charge in [0.1, 0.15) is 0 Å². The highest BCUT2D eigenvalue weighted by Gasteiger charge is 2.53. The summed E-state index contributed by atoms with van der Waals surface area (Å²) in [6.45, 7) is 11.6. The van der Waals surface area contributed by atoms with E-state index in [9.17, 15) is 0 Å². The minimum Gasteiger partial charge on any atom is -0.321 e. The van der Waals surface area contributed by atoms with Crippen LogP contribution in [0.1, 0.15) is 33.6 Å². The highest BCUT2D eigenvalue weighted by molar-refractivity contribution is 4.86. The second kappa shape index (κ2) is 2.01. The summed E-state index contributed by atoms with van der Waals surface area (Å²) in [5.74, 6) is 0. The fraction of sp³-hybridized carbons (Fsp3) is 1.00. The maximum Gasteiger partial charge on any atom is 0.0847 e. The molecule has 2 saturated heterocycles. The highest BCUT2D eigenvalue weighted by Crippen LogP contribution is 2.46. The van der Waals surface area contributed by atoms with Crippen LogP contribution in [-0.2, 0) is 0 Å². The lowest BCUT2D eigenvalue weighted by Crippen LogP contribution is -2.49. The van der Waals surface area contributed by atoms with Gasteiger partial charge >= 0.3 is 0 Å². The first-order valence-electron chi connectivity index (χ1n) is 4.92. The molecule has 0 unspecified atom stereocenters. The van der Waals surface area contributed by atoms with E-state index in [-0.39, 0.29) is 0 Å². The van der Waals surface area contributed by atoms with Crippen LogP contribution in [0.15, 0.2) is 0 Å². The number of fused-ring (bicyclic) bond motifs is 2.